The summed E-state index contributed by atoms with van der Waals surface area (Å²) in [4.78, 5) is 0. The van der Waals surface area contributed by atoms with E-state index in [4.69, 9.17) is 4.74 Å². The maximum atomic E-state index is 10.1. The molecule has 2 unspecified atom stereocenters. The van der Waals surface area contributed by atoms with Crippen molar-refractivity contribution in [3.05, 3.63) is 29.3 Å². The normalized spacial score (nSPS) is 22.2. The first-order valence-corrected chi connectivity index (χ1v) is 8.00. The van der Waals surface area contributed by atoms with Crippen LogP contribution >= 0.6 is 0 Å². The highest BCUT2D eigenvalue weighted by molar-refractivity contribution is 5.39. The van der Waals surface area contributed by atoms with Gasteiger partial charge >= 0.3 is 0 Å². The van der Waals surface area contributed by atoms with Crippen molar-refractivity contribution >= 4 is 0 Å². The van der Waals surface area contributed by atoms with Crippen molar-refractivity contribution in [1.29, 1.82) is 0 Å². The number of aryl methyl sites for hydroxylation is 2. The summed E-state index contributed by atoms with van der Waals surface area (Å²) in [5, 5.41) is 13.6. The van der Waals surface area contributed by atoms with Crippen molar-refractivity contribution in [3.8, 4) is 5.75 Å². The highest BCUT2D eigenvalue weighted by Crippen LogP contribution is 2.37. The quantitative estimate of drug-likeness (QED) is 0.845. The Bertz CT molecular complexity index is 450. The van der Waals surface area contributed by atoms with Gasteiger partial charge in [0.15, 0.2) is 0 Å². The molecule has 3 heteroatoms. The number of hydrogen-bond acceptors (Lipinski definition) is 3. The summed E-state index contributed by atoms with van der Waals surface area (Å²) in [6, 6.07) is 6.60. The van der Waals surface area contributed by atoms with Gasteiger partial charge in [-0.1, -0.05) is 38.5 Å². The maximum Gasteiger partial charge on any atom is 0.125 e. The van der Waals surface area contributed by atoms with Crippen molar-refractivity contribution in [3.63, 3.8) is 0 Å². The SMILES string of the molecule is Cc1cccc(C)c1OCC(O)CNC1CCCC1(C)C. The van der Waals surface area contributed by atoms with Crippen LogP contribution in [0.15, 0.2) is 18.2 Å². The summed E-state index contributed by atoms with van der Waals surface area (Å²) in [6.07, 6.45) is 3.27. The van der Waals surface area contributed by atoms with E-state index in [9.17, 15) is 5.11 Å². The lowest BCUT2D eigenvalue weighted by atomic mass is 9.87. The third kappa shape index (κ3) is 4.21. The lowest BCUT2D eigenvalue weighted by Gasteiger charge is -2.29. The Morgan fingerprint density at radius 1 is 1.33 bits per heavy atom. The zero-order valence-corrected chi connectivity index (χ0v) is 13.8. The van der Waals surface area contributed by atoms with Gasteiger partial charge in [-0.3, -0.25) is 0 Å². The molecule has 1 aromatic carbocycles. The fraction of sp³-hybridized carbons (Fsp3) is 0.667. The van der Waals surface area contributed by atoms with E-state index in [-0.39, 0.29) is 0 Å². The highest BCUT2D eigenvalue weighted by atomic mass is 16.5. The van der Waals surface area contributed by atoms with Crippen LogP contribution in [0, 0.1) is 19.3 Å². The van der Waals surface area contributed by atoms with Crippen molar-refractivity contribution in [2.24, 2.45) is 5.41 Å². The first kappa shape index (κ1) is 16.3. The number of benzene rings is 1. The van der Waals surface area contributed by atoms with Crippen LogP contribution in [0.3, 0.4) is 0 Å². The highest BCUT2D eigenvalue weighted by Gasteiger charge is 2.34. The molecular formula is C18H29NO2. The molecular weight excluding hydrogens is 262 g/mol. The van der Waals surface area contributed by atoms with Gasteiger partial charge in [-0.25, -0.2) is 0 Å². The van der Waals surface area contributed by atoms with Crippen LogP contribution in [0.1, 0.15) is 44.2 Å². The molecule has 21 heavy (non-hydrogen) atoms. The number of rotatable bonds is 6. The van der Waals surface area contributed by atoms with Gasteiger partial charge in [-0.2, -0.15) is 0 Å². The predicted molar refractivity (Wildman–Crippen MR) is 86.8 cm³/mol. The van der Waals surface area contributed by atoms with Crippen LogP contribution in [0.4, 0.5) is 0 Å². The van der Waals surface area contributed by atoms with Crippen LogP contribution in [0.2, 0.25) is 0 Å². The monoisotopic (exact) mass is 291 g/mol. The summed E-state index contributed by atoms with van der Waals surface area (Å²) >= 11 is 0. The minimum absolute atomic E-state index is 0.339. The van der Waals surface area contributed by atoms with Crippen molar-refractivity contribution < 1.29 is 9.84 Å². The molecule has 0 amide bonds. The number of nitrogens with one attached hydrogen (secondary N) is 1. The van der Waals surface area contributed by atoms with Gasteiger partial charge in [0.05, 0.1) is 0 Å². The van der Waals surface area contributed by atoms with E-state index >= 15 is 0 Å². The molecule has 0 aromatic heterocycles. The van der Waals surface area contributed by atoms with Crippen LogP contribution in [-0.2, 0) is 0 Å². The van der Waals surface area contributed by atoms with Gasteiger partial charge in [0.2, 0.25) is 0 Å². The molecule has 1 saturated carbocycles. The minimum Gasteiger partial charge on any atom is -0.490 e. The van der Waals surface area contributed by atoms with Crippen LogP contribution in [0.25, 0.3) is 0 Å². The average molecular weight is 291 g/mol. The summed E-state index contributed by atoms with van der Waals surface area (Å²) in [7, 11) is 0. The second-order valence-electron chi connectivity index (χ2n) is 7.03. The molecule has 118 valence electrons. The fourth-order valence-electron chi connectivity index (χ4n) is 3.25. The van der Waals surface area contributed by atoms with E-state index in [0.717, 1.165) is 16.9 Å². The maximum absolute atomic E-state index is 10.1. The second kappa shape index (κ2) is 6.80. The van der Waals surface area contributed by atoms with Crippen LogP contribution < -0.4 is 10.1 Å². The molecule has 0 aliphatic heterocycles. The molecule has 1 fully saturated rings. The molecule has 1 aliphatic rings. The molecule has 0 spiro atoms. The van der Waals surface area contributed by atoms with E-state index < -0.39 is 6.10 Å². The molecule has 2 atom stereocenters. The summed E-state index contributed by atoms with van der Waals surface area (Å²) < 4.78 is 5.81. The van der Waals surface area contributed by atoms with Gasteiger partial charge in [0.25, 0.3) is 0 Å². The molecule has 0 radical (unpaired) electrons. The Labute approximate surface area is 128 Å². The smallest absolute Gasteiger partial charge is 0.125 e. The van der Waals surface area contributed by atoms with E-state index in [1.54, 1.807) is 0 Å². The molecule has 3 nitrogen and oxygen atoms in total. The van der Waals surface area contributed by atoms with E-state index in [1.165, 1.54) is 19.3 Å². The number of para-hydroxylation sites is 1. The number of hydrogen-bond donors (Lipinski definition) is 2. The first-order valence-electron chi connectivity index (χ1n) is 8.00. The average Bonchev–Trinajstić information content (AvgIpc) is 2.75. The molecule has 2 rings (SSSR count). The number of ether oxygens (including phenoxy) is 1. The van der Waals surface area contributed by atoms with E-state index in [0.29, 0.717) is 24.6 Å². The van der Waals surface area contributed by atoms with Gasteiger partial charge in [-0.05, 0) is 43.2 Å². The Morgan fingerprint density at radius 2 is 2.00 bits per heavy atom. The van der Waals surface area contributed by atoms with E-state index in [1.807, 2.05) is 32.0 Å². The van der Waals surface area contributed by atoms with Crippen molar-refractivity contribution in [2.75, 3.05) is 13.2 Å². The summed E-state index contributed by atoms with van der Waals surface area (Å²) in [5.74, 6) is 0.901. The lowest BCUT2D eigenvalue weighted by molar-refractivity contribution is 0.0979. The lowest BCUT2D eigenvalue weighted by Crippen LogP contribution is -2.43. The standard InChI is InChI=1S/C18H29NO2/c1-13-7-5-8-14(2)17(13)21-12-15(20)11-19-16-9-6-10-18(16,3)4/h5,7-8,15-16,19-20H,6,9-12H2,1-4H3. The summed E-state index contributed by atoms with van der Waals surface area (Å²) in [5.41, 5.74) is 2.58. The third-order valence-corrected chi connectivity index (χ3v) is 4.69. The zero-order valence-electron chi connectivity index (χ0n) is 13.8. The zero-order chi connectivity index (χ0) is 15.5. The Hall–Kier alpha value is -1.06. The van der Waals surface area contributed by atoms with Crippen molar-refractivity contribution in [1.82, 2.24) is 5.32 Å². The predicted octanol–water partition coefficient (Wildman–Crippen LogP) is 3.21. The largest absolute Gasteiger partial charge is 0.490 e. The Morgan fingerprint density at radius 3 is 2.57 bits per heavy atom. The topological polar surface area (TPSA) is 41.5 Å². The van der Waals surface area contributed by atoms with Crippen molar-refractivity contribution in [2.45, 2.75) is 59.1 Å². The number of aliphatic hydroxyl groups is 1. The van der Waals surface area contributed by atoms with Crippen LogP contribution in [-0.4, -0.2) is 30.4 Å². The van der Waals surface area contributed by atoms with Crippen LogP contribution in [0.5, 0.6) is 5.75 Å². The molecule has 0 heterocycles. The van der Waals surface area contributed by atoms with Gasteiger partial charge in [-0.15, -0.1) is 0 Å². The first-order chi connectivity index (χ1) is 9.90. The fourth-order valence-corrected chi connectivity index (χ4v) is 3.25. The molecule has 1 aromatic rings. The molecule has 2 N–H and O–H groups in total. The third-order valence-electron chi connectivity index (χ3n) is 4.69. The number of aliphatic hydroxyl groups excluding tert-OH is 1. The molecule has 0 bridgehead atoms. The Balaban J connectivity index is 1.79. The summed E-state index contributed by atoms with van der Waals surface area (Å²) in [6.45, 7) is 9.61. The van der Waals surface area contributed by atoms with Gasteiger partial charge in [0.1, 0.15) is 18.5 Å². The van der Waals surface area contributed by atoms with Gasteiger partial charge in [0, 0.05) is 12.6 Å². The van der Waals surface area contributed by atoms with Gasteiger partial charge < -0.3 is 15.2 Å². The second-order valence-corrected chi connectivity index (χ2v) is 7.03. The Kier molecular flexibility index (Phi) is 5.28. The molecule has 0 saturated heterocycles. The van der Waals surface area contributed by atoms with E-state index in [2.05, 4.69) is 19.2 Å². The molecule has 1 aliphatic carbocycles. The minimum atomic E-state index is -0.472.